The lowest BCUT2D eigenvalue weighted by molar-refractivity contribution is -0.385. The van der Waals surface area contributed by atoms with Gasteiger partial charge < -0.3 is 0 Å². The summed E-state index contributed by atoms with van der Waals surface area (Å²) in [6, 6.07) is 10.1. The molecule has 128 valence electrons. The number of para-hydroxylation sites is 2. The third-order valence-corrected chi connectivity index (χ3v) is 4.56. The number of amides is 1. The molecule has 1 amide bonds. The summed E-state index contributed by atoms with van der Waals surface area (Å²) in [5.74, 6) is -0.697. The van der Waals surface area contributed by atoms with Gasteiger partial charge in [0.15, 0.2) is 9.84 Å². The molecule has 1 heterocycles. The average Bonchev–Trinajstić information content (AvgIpc) is 2.97. The van der Waals surface area contributed by atoms with Gasteiger partial charge in [0.2, 0.25) is 0 Å². The van der Waals surface area contributed by atoms with E-state index in [-0.39, 0.29) is 10.5 Å². The molecule has 3 rings (SSSR count). The van der Waals surface area contributed by atoms with E-state index in [0.29, 0.717) is 11.0 Å². The third-order valence-electron chi connectivity index (χ3n) is 3.47. The Balaban J connectivity index is 2.02. The number of carbonyl (C=O) groups excluding carboxylic acids is 1. The van der Waals surface area contributed by atoms with Crippen molar-refractivity contribution < 1.29 is 18.1 Å². The standard InChI is InChI=1S/C15H12N4O5S/c1-25(23,24)12-7-10(6-11(8-12)19(21)22)15(20)17-18-9-16-13-4-2-3-5-14(13)18/h2-9H,1H3,(H,17,20). The summed E-state index contributed by atoms with van der Waals surface area (Å²) in [4.78, 5) is 26.5. The minimum atomic E-state index is -3.72. The quantitative estimate of drug-likeness (QED) is 0.558. The molecule has 1 N–H and O–H groups in total. The molecular formula is C15H12N4O5S. The molecule has 0 fully saturated rings. The second-order valence-corrected chi connectivity index (χ2v) is 7.30. The number of nitrogens with one attached hydrogen (secondary N) is 1. The van der Waals surface area contributed by atoms with Gasteiger partial charge in [0, 0.05) is 24.0 Å². The first-order chi connectivity index (χ1) is 11.8. The molecule has 9 nitrogen and oxygen atoms in total. The summed E-state index contributed by atoms with van der Waals surface area (Å²) in [5.41, 5.74) is 3.18. The van der Waals surface area contributed by atoms with E-state index in [1.165, 1.54) is 11.0 Å². The second kappa shape index (κ2) is 5.98. The molecule has 0 atom stereocenters. The van der Waals surface area contributed by atoms with Crippen molar-refractivity contribution in [2.24, 2.45) is 0 Å². The molecule has 0 aliphatic rings. The number of rotatable bonds is 4. The van der Waals surface area contributed by atoms with Crippen molar-refractivity contribution in [2.75, 3.05) is 11.7 Å². The highest BCUT2D eigenvalue weighted by Crippen LogP contribution is 2.21. The van der Waals surface area contributed by atoms with Gasteiger partial charge in [-0.15, -0.1) is 0 Å². The van der Waals surface area contributed by atoms with Crippen LogP contribution in [0.3, 0.4) is 0 Å². The van der Waals surface area contributed by atoms with E-state index >= 15 is 0 Å². The van der Waals surface area contributed by atoms with E-state index in [9.17, 15) is 23.3 Å². The predicted octanol–water partition coefficient (Wildman–Crippen LogP) is 1.73. The molecule has 0 spiro atoms. The van der Waals surface area contributed by atoms with Gasteiger partial charge in [-0.25, -0.2) is 18.1 Å². The van der Waals surface area contributed by atoms with Crippen LogP contribution >= 0.6 is 0 Å². The number of nitro benzene ring substituents is 1. The molecule has 25 heavy (non-hydrogen) atoms. The van der Waals surface area contributed by atoms with Gasteiger partial charge in [-0.2, -0.15) is 0 Å². The molecule has 3 aromatic rings. The van der Waals surface area contributed by atoms with Crippen LogP contribution < -0.4 is 5.43 Å². The topological polar surface area (TPSA) is 124 Å². The number of hydrogen-bond acceptors (Lipinski definition) is 6. The molecule has 0 aliphatic carbocycles. The van der Waals surface area contributed by atoms with Gasteiger partial charge in [0.05, 0.1) is 20.9 Å². The van der Waals surface area contributed by atoms with Gasteiger partial charge in [0.1, 0.15) is 6.33 Å². The van der Waals surface area contributed by atoms with Gasteiger partial charge in [0.25, 0.3) is 11.6 Å². The SMILES string of the molecule is CS(=O)(=O)c1cc(C(=O)Nn2cnc3ccccc32)cc([N+](=O)[O-])c1. The Morgan fingerprint density at radius 1 is 1.24 bits per heavy atom. The lowest BCUT2D eigenvalue weighted by Gasteiger charge is -2.08. The first-order valence-electron chi connectivity index (χ1n) is 6.99. The van der Waals surface area contributed by atoms with Crippen LogP contribution in [-0.4, -0.2) is 35.2 Å². The van der Waals surface area contributed by atoms with Crippen LogP contribution in [0.4, 0.5) is 5.69 Å². The summed E-state index contributed by atoms with van der Waals surface area (Å²) in [6.45, 7) is 0. The first-order valence-corrected chi connectivity index (χ1v) is 8.88. The molecule has 1 aromatic heterocycles. The van der Waals surface area contributed by atoms with Crippen molar-refractivity contribution >= 4 is 32.5 Å². The summed E-state index contributed by atoms with van der Waals surface area (Å²) < 4.78 is 24.8. The zero-order valence-corrected chi connectivity index (χ0v) is 13.7. The summed E-state index contributed by atoms with van der Waals surface area (Å²) in [6.07, 6.45) is 2.30. The Morgan fingerprint density at radius 2 is 1.96 bits per heavy atom. The fourth-order valence-corrected chi connectivity index (χ4v) is 2.93. The number of benzene rings is 2. The smallest absolute Gasteiger partial charge is 0.267 e. The molecule has 0 bridgehead atoms. The number of nitro groups is 1. The summed E-state index contributed by atoms with van der Waals surface area (Å²) in [7, 11) is -3.72. The lowest BCUT2D eigenvalue weighted by Crippen LogP contribution is -2.22. The van der Waals surface area contributed by atoms with Crippen LogP contribution in [-0.2, 0) is 9.84 Å². The van der Waals surface area contributed by atoms with Crippen molar-refractivity contribution in [3.8, 4) is 0 Å². The van der Waals surface area contributed by atoms with Crippen molar-refractivity contribution in [3.05, 3.63) is 64.5 Å². The molecule has 0 aliphatic heterocycles. The molecular weight excluding hydrogens is 348 g/mol. The van der Waals surface area contributed by atoms with E-state index in [1.54, 1.807) is 24.3 Å². The normalized spacial score (nSPS) is 11.4. The summed E-state index contributed by atoms with van der Waals surface area (Å²) >= 11 is 0. The van der Waals surface area contributed by atoms with E-state index in [0.717, 1.165) is 24.5 Å². The highest BCUT2D eigenvalue weighted by molar-refractivity contribution is 7.90. The molecule has 0 radical (unpaired) electrons. The molecule has 10 heteroatoms. The lowest BCUT2D eigenvalue weighted by atomic mass is 10.2. The highest BCUT2D eigenvalue weighted by atomic mass is 32.2. The number of aromatic nitrogens is 2. The van der Waals surface area contributed by atoms with Crippen molar-refractivity contribution in [1.29, 1.82) is 0 Å². The van der Waals surface area contributed by atoms with E-state index in [4.69, 9.17) is 0 Å². The highest BCUT2D eigenvalue weighted by Gasteiger charge is 2.19. The fraction of sp³-hybridized carbons (Fsp3) is 0.0667. The third kappa shape index (κ3) is 3.33. The monoisotopic (exact) mass is 360 g/mol. The fourth-order valence-electron chi connectivity index (χ4n) is 2.26. The van der Waals surface area contributed by atoms with Crippen LogP contribution in [0.25, 0.3) is 11.0 Å². The Kier molecular flexibility index (Phi) is 3.97. The maximum atomic E-state index is 12.4. The van der Waals surface area contributed by atoms with Crippen LogP contribution in [0.2, 0.25) is 0 Å². The van der Waals surface area contributed by atoms with Crippen LogP contribution in [0.5, 0.6) is 0 Å². The largest absolute Gasteiger partial charge is 0.271 e. The summed E-state index contributed by atoms with van der Waals surface area (Å²) in [5, 5.41) is 11.0. The van der Waals surface area contributed by atoms with Gasteiger partial charge >= 0.3 is 0 Å². The van der Waals surface area contributed by atoms with Crippen molar-refractivity contribution in [2.45, 2.75) is 4.90 Å². The van der Waals surface area contributed by atoms with Crippen molar-refractivity contribution in [1.82, 2.24) is 9.66 Å². The van der Waals surface area contributed by atoms with Crippen LogP contribution in [0, 0.1) is 10.1 Å². The predicted molar refractivity (Wildman–Crippen MR) is 89.6 cm³/mol. The minimum Gasteiger partial charge on any atom is -0.267 e. The van der Waals surface area contributed by atoms with Crippen LogP contribution in [0.15, 0.2) is 53.7 Å². The van der Waals surface area contributed by atoms with Gasteiger partial charge in [-0.05, 0) is 18.2 Å². The molecule has 0 saturated carbocycles. The Labute approximate surface area is 141 Å². The number of imidazole rings is 1. The van der Waals surface area contributed by atoms with Gasteiger partial charge in [-0.3, -0.25) is 20.3 Å². The molecule has 0 unspecified atom stereocenters. The minimum absolute atomic E-state index is 0.146. The Bertz CT molecular complexity index is 1100. The zero-order chi connectivity index (χ0) is 18.2. The number of fused-ring (bicyclic) bond motifs is 1. The molecule has 2 aromatic carbocycles. The number of nitrogens with zero attached hydrogens (tertiary/aromatic N) is 3. The van der Waals surface area contributed by atoms with Gasteiger partial charge in [-0.1, -0.05) is 12.1 Å². The van der Waals surface area contributed by atoms with E-state index < -0.39 is 26.4 Å². The maximum Gasteiger partial charge on any atom is 0.271 e. The van der Waals surface area contributed by atoms with Crippen molar-refractivity contribution in [3.63, 3.8) is 0 Å². The molecule has 0 saturated heterocycles. The Morgan fingerprint density at radius 3 is 2.64 bits per heavy atom. The zero-order valence-electron chi connectivity index (χ0n) is 12.9. The van der Waals surface area contributed by atoms with E-state index in [2.05, 4.69) is 10.4 Å². The first kappa shape index (κ1) is 16.6. The number of hydrogen-bond donors (Lipinski definition) is 1. The second-order valence-electron chi connectivity index (χ2n) is 5.29. The maximum absolute atomic E-state index is 12.4. The number of carbonyl (C=O) groups is 1. The Hall–Kier alpha value is -3.27. The van der Waals surface area contributed by atoms with Crippen LogP contribution in [0.1, 0.15) is 10.4 Å². The average molecular weight is 360 g/mol. The number of sulfone groups is 1. The number of non-ortho nitro benzene ring substituents is 1. The van der Waals surface area contributed by atoms with E-state index in [1.807, 2.05) is 0 Å².